The number of carbonyl (C=O) groups is 1. The van der Waals surface area contributed by atoms with Crippen molar-refractivity contribution >= 4 is 5.97 Å². The number of benzene rings is 1. The van der Waals surface area contributed by atoms with Gasteiger partial charge in [0.2, 0.25) is 0 Å². The summed E-state index contributed by atoms with van der Waals surface area (Å²) in [6, 6.07) is 7.24. The molecule has 2 heteroatoms. The summed E-state index contributed by atoms with van der Waals surface area (Å²) >= 11 is 0. The topological polar surface area (TPSA) is 37.3 Å². The maximum Gasteiger partial charge on any atom is 0.328 e. The monoisotopic (exact) mass is 380 g/mol. The summed E-state index contributed by atoms with van der Waals surface area (Å²) < 4.78 is 0. The molecule has 1 saturated carbocycles. The standard InChI is InChI=1S/C26H36O2/c1-8-19-21(11-9-17(2)15-23(27)28)26(19,7)18-10-12-20-22(16-18)25(5,6)14-13-24(20,3)4/h9-12,15-16,19,21H,8,13-14H2,1-7H3,(H,27,28)/b11-9+,17-15+/t19-,21-,26+/m0/s1. The zero-order chi connectivity index (χ0) is 20.9. The van der Waals surface area contributed by atoms with Crippen molar-refractivity contribution in [3.63, 3.8) is 0 Å². The Morgan fingerprint density at radius 3 is 2.29 bits per heavy atom. The molecule has 0 bridgehead atoms. The van der Waals surface area contributed by atoms with Gasteiger partial charge in [0.15, 0.2) is 0 Å². The molecule has 0 aromatic heterocycles. The van der Waals surface area contributed by atoms with E-state index < -0.39 is 5.97 Å². The lowest BCUT2D eigenvalue weighted by Gasteiger charge is -2.42. The van der Waals surface area contributed by atoms with Gasteiger partial charge in [-0.05, 0) is 64.7 Å². The number of allylic oxidation sites excluding steroid dienone is 3. The summed E-state index contributed by atoms with van der Waals surface area (Å²) in [5.74, 6) is 0.193. The van der Waals surface area contributed by atoms with Crippen molar-refractivity contribution in [1.82, 2.24) is 0 Å². The molecule has 2 aliphatic carbocycles. The number of hydrogen-bond acceptors (Lipinski definition) is 1. The summed E-state index contributed by atoms with van der Waals surface area (Å²) in [5, 5.41) is 8.94. The number of carboxylic acid groups (broad SMARTS) is 1. The second-order valence-electron chi connectivity index (χ2n) is 10.4. The molecular formula is C26H36O2. The van der Waals surface area contributed by atoms with Gasteiger partial charge in [0.1, 0.15) is 0 Å². The van der Waals surface area contributed by atoms with Gasteiger partial charge in [0.25, 0.3) is 0 Å². The van der Waals surface area contributed by atoms with Crippen LogP contribution in [-0.2, 0) is 21.0 Å². The summed E-state index contributed by atoms with van der Waals surface area (Å²) in [6.45, 7) is 16.0. The Morgan fingerprint density at radius 2 is 1.71 bits per heavy atom. The molecule has 0 aliphatic heterocycles. The van der Waals surface area contributed by atoms with E-state index in [2.05, 4.69) is 65.8 Å². The van der Waals surface area contributed by atoms with E-state index in [1.165, 1.54) is 35.6 Å². The van der Waals surface area contributed by atoms with Crippen LogP contribution in [0.15, 0.2) is 42.0 Å². The van der Waals surface area contributed by atoms with E-state index in [4.69, 9.17) is 5.11 Å². The molecule has 0 heterocycles. The van der Waals surface area contributed by atoms with Gasteiger partial charge < -0.3 is 5.11 Å². The summed E-state index contributed by atoms with van der Waals surface area (Å²) in [5.41, 5.74) is 5.88. The lowest BCUT2D eigenvalue weighted by molar-refractivity contribution is -0.131. The summed E-state index contributed by atoms with van der Waals surface area (Å²) in [4.78, 5) is 10.9. The third kappa shape index (κ3) is 3.47. The molecule has 0 unspecified atom stereocenters. The van der Waals surface area contributed by atoms with Crippen molar-refractivity contribution < 1.29 is 9.90 Å². The second kappa shape index (κ2) is 6.90. The highest BCUT2D eigenvalue weighted by atomic mass is 16.4. The molecule has 0 amide bonds. The van der Waals surface area contributed by atoms with Crippen LogP contribution in [0.5, 0.6) is 0 Å². The van der Waals surface area contributed by atoms with Gasteiger partial charge >= 0.3 is 5.97 Å². The van der Waals surface area contributed by atoms with Crippen molar-refractivity contribution in [2.45, 2.75) is 84.0 Å². The van der Waals surface area contributed by atoms with Gasteiger partial charge in [-0.3, -0.25) is 0 Å². The Bertz CT molecular complexity index is 840. The van der Waals surface area contributed by atoms with E-state index in [0.29, 0.717) is 11.8 Å². The Balaban J connectivity index is 1.97. The summed E-state index contributed by atoms with van der Waals surface area (Å²) in [7, 11) is 0. The van der Waals surface area contributed by atoms with Gasteiger partial charge in [0, 0.05) is 11.5 Å². The van der Waals surface area contributed by atoms with E-state index in [1.807, 2.05) is 13.0 Å². The molecule has 1 aromatic rings. The van der Waals surface area contributed by atoms with Crippen LogP contribution in [0.1, 0.15) is 84.4 Å². The molecule has 3 atom stereocenters. The van der Waals surface area contributed by atoms with Crippen molar-refractivity contribution in [2.24, 2.45) is 11.8 Å². The Kier molecular flexibility index (Phi) is 5.15. The fourth-order valence-corrected chi connectivity index (χ4v) is 5.48. The minimum atomic E-state index is -0.882. The van der Waals surface area contributed by atoms with Crippen LogP contribution in [0.2, 0.25) is 0 Å². The maximum atomic E-state index is 10.9. The van der Waals surface area contributed by atoms with E-state index >= 15 is 0 Å². The second-order valence-corrected chi connectivity index (χ2v) is 10.4. The average molecular weight is 381 g/mol. The van der Waals surface area contributed by atoms with Gasteiger partial charge in [-0.2, -0.15) is 0 Å². The molecule has 1 N–H and O–H groups in total. The van der Waals surface area contributed by atoms with E-state index in [9.17, 15) is 4.79 Å². The first-order valence-electron chi connectivity index (χ1n) is 10.7. The fraction of sp³-hybridized carbons (Fsp3) is 0.577. The predicted octanol–water partition coefficient (Wildman–Crippen LogP) is 6.54. The molecule has 2 aliphatic rings. The first-order valence-corrected chi connectivity index (χ1v) is 10.7. The predicted molar refractivity (Wildman–Crippen MR) is 117 cm³/mol. The number of hydrogen-bond donors (Lipinski definition) is 1. The Hall–Kier alpha value is -1.83. The molecule has 1 aromatic carbocycles. The van der Waals surface area contributed by atoms with Gasteiger partial charge in [-0.1, -0.05) is 78.3 Å². The zero-order valence-electron chi connectivity index (χ0n) is 18.6. The first-order chi connectivity index (χ1) is 12.9. The van der Waals surface area contributed by atoms with Crippen molar-refractivity contribution in [2.75, 3.05) is 0 Å². The lowest BCUT2D eigenvalue weighted by atomic mass is 9.62. The maximum absolute atomic E-state index is 10.9. The van der Waals surface area contributed by atoms with Crippen LogP contribution in [0.4, 0.5) is 0 Å². The minimum absolute atomic E-state index is 0.140. The fourth-order valence-electron chi connectivity index (χ4n) is 5.48. The van der Waals surface area contributed by atoms with E-state index in [-0.39, 0.29) is 16.2 Å². The Labute approximate surface area is 170 Å². The van der Waals surface area contributed by atoms with Crippen LogP contribution in [0.25, 0.3) is 0 Å². The normalized spacial score (nSPS) is 30.9. The molecule has 2 nitrogen and oxygen atoms in total. The molecule has 0 radical (unpaired) electrons. The van der Waals surface area contributed by atoms with Crippen LogP contribution in [0.3, 0.4) is 0 Å². The Morgan fingerprint density at radius 1 is 1.11 bits per heavy atom. The van der Waals surface area contributed by atoms with Crippen LogP contribution in [-0.4, -0.2) is 11.1 Å². The zero-order valence-corrected chi connectivity index (χ0v) is 18.6. The lowest BCUT2D eigenvalue weighted by Crippen LogP contribution is -2.34. The summed E-state index contributed by atoms with van der Waals surface area (Å²) in [6.07, 6.45) is 9.10. The number of rotatable bonds is 5. The number of carboxylic acids is 1. The molecule has 28 heavy (non-hydrogen) atoms. The quantitative estimate of drug-likeness (QED) is 0.465. The number of aliphatic carboxylic acids is 1. The molecule has 0 spiro atoms. The molecule has 152 valence electrons. The highest BCUT2D eigenvalue weighted by molar-refractivity contribution is 5.81. The van der Waals surface area contributed by atoms with Crippen LogP contribution >= 0.6 is 0 Å². The number of fused-ring (bicyclic) bond motifs is 1. The minimum Gasteiger partial charge on any atom is -0.478 e. The van der Waals surface area contributed by atoms with Gasteiger partial charge in [-0.25, -0.2) is 4.79 Å². The average Bonchev–Trinajstić information content (AvgIpc) is 3.21. The van der Waals surface area contributed by atoms with Crippen LogP contribution < -0.4 is 0 Å². The van der Waals surface area contributed by atoms with Crippen LogP contribution in [0, 0.1) is 11.8 Å². The molecular weight excluding hydrogens is 344 g/mol. The highest BCUT2D eigenvalue weighted by Gasteiger charge is 2.59. The third-order valence-corrected chi connectivity index (χ3v) is 7.62. The van der Waals surface area contributed by atoms with Gasteiger partial charge in [-0.15, -0.1) is 0 Å². The molecule has 1 fully saturated rings. The van der Waals surface area contributed by atoms with Crippen molar-refractivity contribution in [3.8, 4) is 0 Å². The van der Waals surface area contributed by atoms with E-state index in [1.54, 1.807) is 0 Å². The van der Waals surface area contributed by atoms with Gasteiger partial charge in [0.05, 0.1) is 0 Å². The van der Waals surface area contributed by atoms with E-state index in [0.717, 1.165) is 12.0 Å². The van der Waals surface area contributed by atoms with Crippen molar-refractivity contribution in [3.05, 3.63) is 58.7 Å². The third-order valence-electron chi connectivity index (χ3n) is 7.62. The highest BCUT2D eigenvalue weighted by Crippen LogP contribution is 2.63. The first kappa shape index (κ1) is 20.9. The SMILES string of the molecule is CC[C@H]1[C@H](/C=C/C(C)=C/C(=O)O)[C@]1(C)c1ccc2c(c1)C(C)(C)CCC2(C)C. The largest absolute Gasteiger partial charge is 0.478 e. The molecule has 3 rings (SSSR count). The molecule has 0 saturated heterocycles. The van der Waals surface area contributed by atoms with Crippen molar-refractivity contribution in [1.29, 1.82) is 0 Å². The smallest absolute Gasteiger partial charge is 0.328 e.